The van der Waals surface area contributed by atoms with Crippen LogP contribution in [0.4, 0.5) is 5.69 Å². The van der Waals surface area contributed by atoms with Crippen LogP contribution >= 0.6 is 23.2 Å². The molecular weight excluding hydrogens is 389 g/mol. The predicted molar refractivity (Wildman–Crippen MR) is 104 cm³/mol. The fraction of sp³-hybridized carbons (Fsp3) is 0.300. The van der Waals surface area contributed by atoms with Gasteiger partial charge >= 0.3 is 5.97 Å². The lowest BCUT2D eigenvalue weighted by molar-refractivity contribution is -0.151. The number of halogens is 2. The molecule has 0 fully saturated rings. The number of anilines is 1. The van der Waals surface area contributed by atoms with E-state index in [1.165, 1.54) is 4.90 Å². The van der Waals surface area contributed by atoms with E-state index in [0.717, 1.165) is 0 Å². The van der Waals surface area contributed by atoms with Crippen molar-refractivity contribution in [1.29, 1.82) is 0 Å². The molecule has 1 amide bonds. The number of ether oxygens (including phenoxy) is 2. The summed E-state index contributed by atoms with van der Waals surface area (Å²) in [6, 6.07) is 12.5. The Morgan fingerprint density at radius 1 is 1.19 bits per heavy atom. The third kappa shape index (κ3) is 4.10. The van der Waals surface area contributed by atoms with Crippen LogP contribution in [0.15, 0.2) is 42.5 Å². The van der Waals surface area contributed by atoms with Crippen LogP contribution in [0, 0.1) is 0 Å². The zero-order valence-electron chi connectivity index (χ0n) is 14.9. The van der Waals surface area contributed by atoms with E-state index in [9.17, 15) is 9.59 Å². The molecule has 0 saturated heterocycles. The van der Waals surface area contributed by atoms with Crippen molar-refractivity contribution in [2.75, 3.05) is 18.6 Å². The second-order valence-electron chi connectivity index (χ2n) is 6.14. The van der Waals surface area contributed by atoms with Gasteiger partial charge in [-0.2, -0.15) is 0 Å². The van der Waals surface area contributed by atoms with Gasteiger partial charge in [-0.1, -0.05) is 41.4 Å². The van der Waals surface area contributed by atoms with E-state index in [4.69, 9.17) is 32.7 Å². The summed E-state index contributed by atoms with van der Waals surface area (Å²) in [6.45, 7) is 1.95. The Kier molecular flexibility index (Phi) is 6.05. The number of amides is 1. The molecule has 3 rings (SSSR count). The van der Waals surface area contributed by atoms with Gasteiger partial charge in [0.1, 0.15) is 12.2 Å². The molecule has 2 aromatic carbocycles. The molecule has 0 unspecified atom stereocenters. The number of benzene rings is 2. The Bertz CT molecular complexity index is 871. The Balaban J connectivity index is 2.09. The minimum atomic E-state index is -0.999. The maximum absolute atomic E-state index is 12.9. The van der Waals surface area contributed by atoms with Crippen LogP contribution in [0.2, 0.25) is 10.0 Å². The lowest BCUT2D eigenvalue weighted by atomic mass is 9.99. The molecule has 0 aliphatic carbocycles. The molecule has 0 N–H and O–H groups in total. The van der Waals surface area contributed by atoms with Crippen LogP contribution in [-0.4, -0.2) is 31.6 Å². The molecule has 27 heavy (non-hydrogen) atoms. The van der Waals surface area contributed by atoms with Crippen LogP contribution in [0.25, 0.3) is 0 Å². The Morgan fingerprint density at radius 3 is 2.63 bits per heavy atom. The van der Waals surface area contributed by atoms with Crippen molar-refractivity contribution in [2.24, 2.45) is 0 Å². The first-order valence-corrected chi connectivity index (χ1v) is 9.30. The number of esters is 1. The predicted octanol–water partition coefficient (Wildman–Crippen LogP) is 4.40. The summed E-state index contributed by atoms with van der Waals surface area (Å²) in [6.07, 6.45) is -1.83. The van der Waals surface area contributed by atoms with Crippen molar-refractivity contribution >= 4 is 40.8 Å². The van der Waals surface area contributed by atoms with E-state index >= 15 is 0 Å². The fourth-order valence-corrected chi connectivity index (χ4v) is 3.52. The van der Waals surface area contributed by atoms with Gasteiger partial charge in [-0.25, -0.2) is 0 Å². The van der Waals surface area contributed by atoms with Gasteiger partial charge in [-0.3, -0.25) is 9.59 Å². The van der Waals surface area contributed by atoms with E-state index in [1.54, 1.807) is 38.2 Å². The molecule has 2 aromatic rings. The molecule has 1 heterocycles. The normalized spacial score (nSPS) is 19.4. The molecule has 2 atom stereocenters. The molecular formula is C20H19Cl2NO4. The zero-order chi connectivity index (χ0) is 19.6. The summed E-state index contributed by atoms with van der Waals surface area (Å²) in [7, 11) is 1.64. The summed E-state index contributed by atoms with van der Waals surface area (Å²) in [5.41, 5.74) is 2.05. The molecule has 142 valence electrons. The SMILES string of the molecule is CCOC(=O)C[C@H]1O[C@H](c2ccccc2Cl)c2cc(Cl)ccc2N(C)C1=O. The number of fused-ring (bicyclic) bond motifs is 1. The lowest BCUT2D eigenvalue weighted by Crippen LogP contribution is -2.38. The van der Waals surface area contributed by atoms with Gasteiger partial charge < -0.3 is 14.4 Å². The highest BCUT2D eigenvalue weighted by atomic mass is 35.5. The first-order valence-electron chi connectivity index (χ1n) is 8.55. The van der Waals surface area contributed by atoms with Gasteiger partial charge in [0.25, 0.3) is 5.91 Å². The van der Waals surface area contributed by atoms with Gasteiger partial charge in [0.15, 0.2) is 0 Å². The average molecular weight is 408 g/mol. The summed E-state index contributed by atoms with van der Waals surface area (Å²) in [5, 5.41) is 1.01. The van der Waals surface area contributed by atoms with E-state index in [2.05, 4.69) is 0 Å². The van der Waals surface area contributed by atoms with Gasteiger partial charge in [-0.05, 0) is 31.2 Å². The number of hydrogen-bond donors (Lipinski definition) is 0. The third-order valence-corrected chi connectivity index (χ3v) is 4.96. The first-order chi connectivity index (χ1) is 12.9. The van der Waals surface area contributed by atoms with E-state index in [1.807, 2.05) is 18.2 Å². The molecule has 0 spiro atoms. The van der Waals surface area contributed by atoms with Gasteiger partial charge in [0.05, 0.1) is 13.0 Å². The molecule has 0 aromatic heterocycles. The molecule has 0 bridgehead atoms. The Morgan fingerprint density at radius 2 is 1.93 bits per heavy atom. The summed E-state index contributed by atoms with van der Waals surface area (Å²) in [5.74, 6) is -0.827. The fourth-order valence-electron chi connectivity index (χ4n) is 3.11. The topological polar surface area (TPSA) is 55.8 Å². The molecule has 0 saturated carbocycles. The highest BCUT2D eigenvalue weighted by Gasteiger charge is 2.37. The highest BCUT2D eigenvalue weighted by molar-refractivity contribution is 6.31. The van der Waals surface area contributed by atoms with Gasteiger partial charge in [0.2, 0.25) is 0 Å². The number of carbonyl (C=O) groups is 2. The summed E-state index contributed by atoms with van der Waals surface area (Å²) in [4.78, 5) is 26.4. The average Bonchev–Trinajstić information content (AvgIpc) is 2.73. The van der Waals surface area contributed by atoms with Crippen LogP contribution in [0.3, 0.4) is 0 Å². The molecule has 5 nitrogen and oxygen atoms in total. The Labute approximate surface area is 167 Å². The molecule has 1 aliphatic rings. The smallest absolute Gasteiger partial charge is 0.308 e. The number of nitrogens with zero attached hydrogens (tertiary/aromatic N) is 1. The molecule has 1 aliphatic heterocycles. The standard InChI is InChI=1S/C20H19Cl2NO4/c1-3-26-18(24)11-17-20(25)23(2)16-9-8-12(21)10-14(16)19(27-17)13-6-4-5-7-15(13)22/h4-10,17,19H,3,11H2,1-2H3/t17-,19-/m1/s1. The first kappa shape index (κ1) is 19.7. The van der Waals surface area contributed by atoms with Crippen molar-refractivity contribution in [1.82, 2.24) is 0 Å². The van der Waals surface area contributed by atoms with Crippen LogP contribution in [0.5, 0.6) is 0 Å². The van der Waals surface area contributed by atoms with E-state index < -0.39 is 18.2 Å². The minimum absolute atomic E-state index is 0.181. The number of rotatable bonds is 4. The van der Waals surface area contributed by atoms with Gasteiger partial charge in [0, 0.05) is 33.9 Å². The third-order valence-electron chi connectivity index (χ3n) is 4.38. The van der Waals surface area contributed by atoms with Crippen molar-refractivity contribution < 1.29 is 19.1 Å². The number of hydrogen-bond acceptors (Lipinski definition) is 4. The van der Waals surface area contributed by atoms with Crippen LogP contribution < -0.4 is 4.90 Å². The monoisotopic (exact) mass is 407 g/mol. The second-order valence-corrected chi connectivity index (χ2v) is 6.98. The maximum Gasteiger partial charge on any atom is 0.308 e. The molecule has 0 radical (unpaired) electrons. The highest BCUT2D eigenvalue weighted by Crippen LogP contribution is 2.41. The summed E-state index contributed by atoms with van der Waals surface area (Å²) >= 11 is 12.6. The van der Waals surface area contributed by atoms with Crippen LogP contribution in [0.1, 0.15) is 30.6 Å². The van der Waals surface area contributed by atoms with E-state index in [0.29, 0.717) is 26.9 Å². The maximum atomic E-state index is 12.9. The van der Waals surface area contributed by atoms with Crippen molar-refractivity contribution in [2.45, 2.75) is 25.6 Å². The quantitative estimate of drug-likeness (QED) is 0.704. The number of carbonyl (C=O) groups excluding carboxylic acids is 2. The van der Waals surface area contributed by atoms with Gasteiger partial charge in [-0.15, -0.1) is 0 Å². The number of likely N-dealkylation sites (N-methyl/N-ethyl adjacent to an activating group) is 1. The van der Waals surface area contributed by atoms with Crippen LogP contribution in [-0.2, 0) is 19.1 Å². The summed E-state index contributed by atoms with van der Waals surface area (Å²) < 4.78 is 11.1. The molecule has 7 heteroatoms. The second kappa shape index (κ2) is 8.30. The zero-order valence-corrected chi connectivity index (χ0v) is 16.5. The van der Waals surface area contributed by atoms with Crippen molar-refractivity contribution in [3.8, 4) is 0 Å². The van der Waals surface area contributed by atoms with Crippen molar-refractivity contribution in [3.05, 3.63) is 63.6 Å². The Hall–Kier alpha value is -2.08. The lowest BCUT2D eigenvalue weighted by Gasteiger charge is -2.22. The largest absolute Gasteiger partial charge is 0.466 e. The van der Waals surface area contributed by atoms with E-state index in [-0.39, 0.29) is 18.9 Å². The minimum Gasteiger partial charge on any atom is -0.466 e. The van der Waals surface area contributed by atoms with Crippen molar-refractivity contribution in [3.63, 3.8) is 0 Å².